The van der Waals surface area contributed by atoms with Crippen LogP contribution in [-0.4, -0.2) is 56.0 Å². The van der Waals surface area contributed by atoms with Crippen LogP contribution in [0.4, 0.5) is 11.8 Å². The molecule has 5 rings (SSSR count). The van der Waals surface area contributed by atoms with E-state index in [4.69, 9.17) is 24.2 Å². The van der Waals surface area contributed by atoms with Crippen LogP contribution in [-0.2, 0) is 17.8 Å². The van der Waals surface area contributed by atoms with Crippen LogP contribution in [0.2, 0.25) is 0 Å². The smallest absolute Gasteiger partial charge is 0.230 e. The summed E-state index contributed by atoms with van der Waals surface area (Å²) in [5, 5.41) is 0. The van der Waals surface area contributed by atoms with Crippen molar-refractivity contribution in [3.05, 3.63) is 71.8 Å². The van der Waals surface area contributed by atoms with E-state index < -0.39 is 0 Å². The molecule has 2 aliphatic heterocycles. The second-order valence-electron chi connectivity index (χ2n) is 9.32. The van der Waals surface area contributed by atoms with Gasteiger partial charge in [-0.25, -0.2) is 0 Å². The number of hydrogen-bond donors (Lipinski definition) is 0. The second-order valence-corrected chi connectivity index (χ2v) is 9.32. The maximum atomic E-state index is 6.20. The molecule has 2 saturated heterocycles. The van der Waals surface area contributed by atoms with Crippen molar-refractivity contribution in [2.45, 2.75) is 32.4 Å². The fourth-order valence-electron chi connectivity index (χ4n) is 4.86. The average Bonchev–Trinajstić information content (AvgIpc) is 3.28. The molecule has 1 aromatic heterocycles. The predicted octanol–water partition coefficient (Wildman–Crippen LogP) is 4.36. The summed E-state index contributed by atoms with van der Waals surface area (Å²) < 4.78 is 17.0. The van der Waals surface area contributed by atoms with Crippen molar-refractivity contribution in [3.63, 3.8) is 0 Å². The normalized spacial score (nSPS) is 20.2. The van der Waals surface area contributed by atoms with Gasteiger partial charge < -0.3 is 24.0 Å². The standard InChI is InChI=1S/C28H34N4O3/c1-21-12-13-32(25(21)18-22-6-4-3-5-7-22)28-29-26(31-14-16-34-17-15-31)19-27(30-28)35-20-23-8-10-24(33-2)11-9-23/h3-11,19,21,25H,12-18,20H2,1-2H3/t21-,25-/m0/s1. The highest BCUT2D eigenvalue weighted by atomic mass is 16.5. The van der Waals surface area contributed by atoms with Gasteiger partial charge >= 0.3 is 0 Å². The van der Waals surface area contributed by atoms with E-state index in [0.29, 0.717) is 37.7 Å². The van der Waals surface area contributed by atoms with Gasteiger partial charge in [-0.05, 0) is 42.0 Å². The molecule has 0 saturated carbocycles. The average molecular weight is 475 g/mol. The molecule has 2 fully saturated rings. The van der Waals surface area contributed by atoms with Crippen LogP contribution in [0.5, 0.6) is 11.6 Å². The summed E-state index contributed by atoms with van der Waals surface area (Å²) in [5.74, 6) is 3.66. The molecular weight excluding hydrogens is 440 g/mol. The summed E-state index contributed by atoms with van der Waals surface area (Å²) >= 11 is 0. The lowest BCUT2D eigenvalue weighted by molar-refractivity contribution is 0.122. The highest BCUT2D eigenvalue weighted by Crippen LogP contribution is 2.32. The Morgan fingerprint density at radius 3 is 2.46 bits per heavy atom. The van der Waals surface area contributed by atoms with Gasteiger partial charge in [-0.1, -0.05) is 49.4 Å². The van der Waals surface area contributed by atoms with Crippen molar-refractivity contribution >= 4 is 11.8 Å². The Kier molecular flexibility index (Phi) is 7.33. The van der Waals surface area contributed by atoms with E-state index in [9.17, 15) is 0 Å². The molecule has 2 atom stereocenters. The van der Waals surface area contributed by atoms with Crippen LogP contribution >= 0.6 is 0 Å². The lowest BCUT2D eigenvalue weighted by atomic mass is 9.96. The molecular formula is C28H34N4O3. The third kappa shape index (κ3) is 5.68. The van der Waals surface area contributed by atoms with Crippen LogP contribution in [0.3, 0.4) is 0 Å². The van der Waals surface area contributed by atoms with Gasteiger partial charge in [0.05, 0.1) is 20.3 Å². The summed E-state index contributed by atoms with van der Waals surface area (Å²) in [6.45, 7) is 6.77. The maximum absolute atomic E-state index is 6.20. The number of methoxy groups -OCH3 is 1. The van der Waals surface area contributed by atoms with Crippen molar-refractivity contribution in [2.75, 3.05) is 49.8 Å². The number of nitrogens with zero attached hydrogens (tertiary/aromatic N) is 4. The molecule has 7 nitrogen and oxygen atoms in total. The highest BCUT2D eigenvalue weighted by Gasteiger charge is 2.33. The topological polar surface area (TPSA) is 60.0 Å². The minimum absolute atomic E-state index is 0.353. The largest absolute Gasteiger partial charge is 0.497 e. The maximum Gasteiger partial charge on any atom is 0.230 e. The molecule has 2 aromatic carbocycles. The van der Waals surface area contributed by atoms with E-state index in [1.807, 2.05) is 30.3 Å². The first kappa shape index (κ1) is 23.4. The lowest BCUT2D eigenvalue weighted by Crippen LogP contribution is -2.38. The molecule has 3 heterocycles. The summed E-state index contributed by atoms with van der Waals surface area (Å²) in [7, 11) is 1.67. The van der Waals surface area contributed by atoms with Crippen molar-refractivity contribution in [1.82, 2.24) is 9.97 Å². The molecule has 35 heavy (non-hydrogen) atoms. The monoisotopic (exact) mass is 474 g/mol. The van der Waals surface area contributed by atoms with Crippen LogP contribution in [0.1, 0.15) is 24.5 Å². The van der Waals surface area contributed by atoms with Gasteiger partial charge in [0.2, 0.25) is 11.8 Å². The number of benzene rings is 2. The van der Waals surface area contributed by atoms with Gasteiger partial charge in [0.1, 0.15) is 18.2 Å². The zero-order valence-electron chi connectivity index (χ0n) is 20.6. The number of aromatic nitrogens is 2. The molecule has 184 valence electrons. The van der Waals surface area contributed by atoms with Crippen molar-refractivity contribution in [2.24, 2.45) is 5.92 Å². The van der Waals surface area contributed by atoms with Gasteiger partial charge in [-0.2, -0.15) is 9.97 Å². The van der Waals surface area contributed by atoms with Crippen LogP contribution in [0.25, 0.3) is 0 Å². The Morgan fingerprint density at radius 2 is 1.71 bits per heavy atom. The van der Waals surface area contributed by atoms with E-state index in [0.717, 1.165) is 55.6 Å². The van der Waals surface area contributed by atoms with Gasteiger partial charge in [0.15, 0.2) is 0 Å². The molecule has 0 aliphatic carbocycles. The minimum Gasteiger partial charge on any atom is -0.497 e. The predicted molar refractivity (Wildman–Crippen MR) is 137 cm³/mol. The minimum atomic E-state index is 0.353. The molecule has 2 aliphatic rings. The van der Waals surface area contributed by atoms with Gasteiger partial charge in [0, 0.05) is 31.7 Å². The van der Waals surface area contributed by atoms with E-state index >= 15 is 0 Å². The lowest BCUT2D eigenvalue weighted by Gasteiger charge is -2.31. The summed E-state index contributed by atoms with van der Waals surface area (Å²) in [6.07, 6.45) is 2.11. The van der Waals surface area contributed by atoms with E-state index in [2.05, 4.69) is 47.1 Å². The Labute approximate surface area is 207 Å². The van der Waals surface area contributed by atoms with E-state index in [1.54, 1.807) is 7.11 Å². The van der Waals surface area contributed by atoms with Gasteiger partial charge in [0.25, 0.3) is 0 Å². The number of hydrogen-bond acceptors (Lipinski definition) is 7. The Balaban J connectivity index is 1.40. The van der Waals surface area contributed by atoms with Gasteiger partial charge in [-0.3, -0.25) is 0 Å². The van der Waals surface area contributed by atoms with E-state index in [1.165, 1.54) is 5.56 Å². The molecule has 0 unspecified atom stereocenters. The molecule has 0 amide bonds. The van der Waals surface area contributed by atoms with Crippen LogP contribution < -0.4 is 19.3 Å². The zero-order valence-corrected chi connectivity index (χ0v) is 20.6. The molecule has 0 N–H and O–H groups in total. The molecule has 7 heteroatoms. The summed E-state index contributed by atoms with van der Waals surface area (Å²) in [6, 6.07) is 20.9. The molecule has 0 spiro atoms. The quantitative estimate of drug-likeness (QED) is 0.481. The molecule has 0 radical (unpaired) electrons. The van der Waals surface area contributed by atoms with Crippen molar-refractivity contribution in [1.29, 1.82) is 0 Å². The third-order valence-corrected chi connectivity index (χ3v) is 6.99. The van der Waals surface area contributed by atoms with Gasteiger partial charge in [-0.15, -0.1) is 0 Å². The van der Waals surface area contributed by atoms with Crippen molar-refractivity contribution < 1.29 is 14.2 Å². The first-order valence-corrected chi connectivity index (χ1v) is 12.5. The fraction of sp³-hybridized carbons (Fsp3) is 0.429. The Morgan fingerprint density at radius 1 is 0.943 bits per heavy atom. The summed E-state index contributed by atoms with van der Waals surface area (Å²) in [5.41, 5.74) is 2.41. The fourth-order valence-corrected chi connectivity index (χ4v) is 4.86. The first-order valence-electron chi connectivity index (χ1n) is 12.5. The zero-order chi connectivity index (χ0) is 24.0. The molecule has 0 bridgehead atoms. The second kappa shape index (κ2) is 11.0. The van der Waals surface area contributed by atoms with Crippen LogP contribution in [0, 0.1) is 5.92 Å². The summed E-state index contributed by atoms with van der Waals surface area (Å²) in [4.78, 5) is 14.6. The highest BCUT2D eigenvalue weighted by molar-refractivity contribution is 5.49. The Hall–Kier alpha value is -3.32. The SMILES string of the molecule is COc1ccc(COc2cc(N3CCOCC3)nc(N3CC[C@H](C)[C@@H]3Cc3ccccc3)n2)cc1. The van der Waals surface area contributed by atoms with Crippen molar-refractivity contribution in [3.8, 4) is 11.6 Å². The molecule has 3 aromatic rings. The number of anilines is 2. The number of ether oxygens (including phenoxy) is 3. The van der Waals surface area contributed by atoms with E-state index in [-0.39, 0.29) is 0 Å². The number of rotatable bonds is 8. The number of morpholine rings is 1. The first-order chi connectivity index (χ1) is 17.2. The Bertz CT molecular complexity index is 1090. The third-order valence-electron chi connectivity index (χ3n) is 6.99. The van der Waals surface area contributed by atoms with Crippen LogP contribution in [0.15, 0.2) is 60.7 Å².